The van der Waals surface area contributed by atoms with E-state index in [1.807, 2.05) is 11.0 Å². The van der Waals surface area contributed by atoms with Crippen LogP contribution in [-0.4, -0.2) is 36.7 Å². The van der Waals surface area contributed by atoms with Gasteiger partial charge in [0.1, 0.15) is 18.2 Å². The van der Waals surface area contributed by atoms with Gasteiger partial charge in [0.25, 0.3) is 6.02 Å². The van der Waals surface area contributed by atoms with E-state index in [1.165, 1.54) is 12.1 Å². The van der Waals surface area contributed by atoms with E-state index >= 15 is 0 Å². The van der Waals surface area contributed by atoms with Crippen LogP contribution in [0.3, 0.4) is 0 Å². The van der Waals surface area contributed by atoms with Crippen LogP contribution in [0, 0.1) is 17.5 Å². The van der Waals surface area contributed by atoms with Crippen LogP contribution in [-0.2, 0) is 4.74 Å². The Labute approximate surface area is 148 Å². The third-order valence-corrected chi connectivity index (χ3v) is 4.18. The van der Waals surface area contributed by atoms with Crippen LogP contribution in [0.5, 0.6) is 5.75 Å². The lowest BCUT2D eigenvalue weighted by Crippen LogP contribution is -2.28. The highest BCUT2D eigenvalue weighted by Crippen LogP contribution is 2.28. The van der Waals surface area contributed by atoms with E-state index in [0.29, 0.717) is 12.6 Å². The van der Waals surface area contributed by atoms with Crippen molar-refractivity contribution in [1.29, 1.82) is 0 Å². The predicted molar refractivity (Wildman–Crippen MR) is 90.3 cm³/mol. The van der Waals surface area contributed by atoms with Crippen molar-refractivity contribution in [3.8, 4) is 16.9 Å². The lowest BCUT2D eigenvalue weighted by molar-refractivity contribution is 0.143. The maximum absolute atomic E-state index is 14.3. The monoisotopic (exact) mass is 360 g/mol. The second-order valence-electron chi connectivity index (χ2n) is 6.02. The van der Waals surface area contributed by atoms with E-state index in [2.05, 4.69) is 4.99 Å². The molecule has 0 amide bonds. The number of rotatable bonds is 4. The average molecular weight is 360 g/mol. The lowest BCUT2D eigenvalue weighted by Gasteiger charge is -2.14. The van der Waals surface area contributed by atoms with Crippen LogP contribution in [0.1, 0.15) is 0 Å². The molecule has 2 aliphatic rings. The van der Waals surface area contributed by atoms with Gasteiger partial charge in [0, 0.05) is 18.3 Å². The Morgan fingerprint density at radius 2 is 2.00 bits per heavy atom. The molecule has 26 heavy (non-hydrogen) atoms. The van der Waals surface area contributed by atoms with Crippen LogP contribution in [0.25, 0.3) is 11.1 Å². The summed E-state index contributed by atoms with van der Waals surface area (Å²) in [5, 5.41) is 0. The molecule has 2 aromatic carbocycles. The van der Waals surface area contributed by atoms with Gasteiger partial charge in [-0.2, -0.15) is 0 Å². The Balaban J connectivity index is 1.45. The smallest absolute Gasteiger partial charge is 0.292 e. The topological polar surface area (TPSA) is 34.1 Å². The molecule has 4 nitrogen and oxygen atoms in total. The number of benzene rings is 2. The quantitative estimate of drug-likeness (QED) is 0.833. The Morgan fingerprint density at radius 3 is 2.81 bits per heavy atom. The predicted octanol–water partition coefficient (Wildman–Crippen LogP) is 3.73. The molecule has 134 valence electrons. The fraction of sp³-hybridized carbons (Fsp3) is 0.211. The molecule has 0 saturated carbocycles. The number of fused-ring (bicyclic) bond motifs is 1. The van der Waals surface area contributed by atoms with Crippen molar-refractivity contribution in [2.75, 3.05) is 19.7 Å². The van der Waals surface area contributed by atoms with Gasteiger partial charge in [0.05, 0.1) is 6.54 Å². The molecule has 0 unspecified atom stereocenters. The Kier molecular flexibility index (Phi) is 4.28. The summed E-state index contributed by atoms with van der Waals surface area (Å²) in [4.78, 5) is 6.08. The van der Waals surface area contributed by atoms with Gasteiger partial charge in [-0.3, -0.25) is 0 Å². The minimum absolute atomic E-state index is 0.00281. The van der Waals surface area contributed by atoms with Crippen molar-refractivity contribution >= 4 is 6.02 Å². The minimum Gasteiger partial charge on any atom is -0.487 e. The highest BCUT2D eigenvalue weighted by Gasteiger charge is 2.30. The zero-order valence-electron chi connectivity index (χ0n) is 13.7. The van der Waals surface area contributed by atoms with Gasteiger partial charge < -0.3 is 14.4 Å². The van der Waals surface area contributed by atoms with Crippen molar-refractivity contribution in [1.82, 2.24) is 4.90 Å². The molecular weight excluding hydrogens is 345 g/mol. The van der Waals surface area contributed by atoms with Gasteiger partial charge in [-0.15, -0.1) is 0 Å². The summed E-state index contributed by atoms with van der Waals surface area (Å²) >= 11 is 0. The van der Waals surface area contributed by atoms with Gasteiger partial charge in [0.15, 0.2) is 17.7 Å². The summed E-state index contributed by atoms with van der Waals surface area (Å²) in [5.41, 5.74) is 0.235. The summed E-state index contributed by atoms with van der Waals surface area (Å²) in [6.07, 6.45) is 3.34. The first kappa shape index (κ1) is 16.5. The van der Waals surface area contributed by atoms with Crippen LogP contribution >= 0.6 is 0 Å². The third-order valence-electron chi connectivity index (χ3n) is 4.18. The highest BCUT2D eigenvalue weighted by atomic mass is 19.1. The molecule has 0 bridgehead atoms. The van der Waals surface area contributed by atoms with Crippen molar-refractivity contribution in [2.24, 2.45) is 4.99 Å². The number of aliphatic imine (C=N–C) groups is 1. The summed E-state index contributed by atoms with van der Waals surface area (Å²) in [6, 6.07) is 7.61. The van der Waals surface area contributed by atoms with Crippen LogP contribution in [0.2, 0.25) is 0 Å². The normalized spacial score (nSPS) is 18.3. The van der Waals surface area contributed by atoms with E-state index in [4.69, 9.17) is 9.47 Å². The van der Waals surface area contributed by atoms with E-state index in [9.17, 15) is 13.2 Å². The Hall–Kier alpha value is -2.96. The van der Waals surface area contributed by atoms with E-state index in [0.717, 1.165) is 30.8 Å². The first-order valence-corrected chi connectivity index (χ1v) is 8.12. The molecule has 0 aliphatic carbocycles. The molecule has 1 saturated heterocycles. The van der Waals surface area contributed by atoms with Crippen molar-refractivity contribution in [3.05, 3.63) is 66.1 Å². The molecule has 0 aromatic heterocycles. The van der Waals surface area contributed by atoms with Gasteiger partial charge in [0.2, 0.25) is 0 Å². The Morgan fingerprint density at radius 1 is 1.12 bits per heavy atom. The number of hydrogen-bond donors (Lipinski definition) is 0. The van der Waals surface area contributed by atoms with Gasteiger partial charge in [-0.25, -0.2) is 18.2 Å². The summed E-state index contributed by atoms with van der Waals surface area (Å²) < 4.78 is 52.6. The molecule has 2 aliphatic heterocycles. The molecule has 0 spiro atoms. The van der Waals surface area contributed by atoms with Crippen molar-refractivity contribution in [3.63, 3.8) is 0 Å². The number of nitrogens with zero attached hydrogens (tertiary/aromatic N) is 2. The molecule has 0 radical (unpaired) electrons. The minimum atomic E-state index is -0.652. The van der Waals surface area contributed by atoms with Crippen LogP contribution < -0.4 is 4.74 Å². The van der Waals surface area contributed by atoms with Crippen LogP contribution in [0.4, 0.5) is 13.2 Å². The number of ether oxygens (including phenoxy) is 2. The molecule has 2 aromatic rings. The zero-order valence-corrected chi connectivity index (χ0v) is 13.7. The number of halogens is 3. The standard InChI is InChI=1S/C19H15F3N2O2/c20-13-3-4-16(21)15(9-13)12-2-5-18(17(22)8-12)25-11-14-10-24-7-1-6-23-19(24)26-14/h1-6,8-9,14H,7,10-11H2/t14-/m0/s1. The van der Waals surface area contributed by atoms with Gasteiger partial charge >= 0.3 is 0 Å². The fourth-order valence-corrected chi connectivity index (χ4v) is 2.91. The highest BCUT2D eigenvalue weighted by molar-refractivity contribution is 5.77. The maximum atomic E-state index is 14.3. The SMILES string of the molecule is Fc1ccc(F)c(-c2ccc(OC[C@@H]3CN4CC=CN=C4O3)c(F)c2)c1. The van der Waals surface area contributed by atoms with Gasteiger partial charge in [-0.05, 0) is 42.0 Å². The zero-order chi connectivity index (χ0) is 18.1. The molecule has 4 rings (SSSR count). The molecule has 2 heterocycles. The molecule has 1 atom stereocenters. The van der Waals surface area contributed by atoms with E-state index in [-0.39, 0.29) is 29.6 Å². The Bertz CT molecular complexity index is 898. The summed E-state index contributed by atoms with van der Waals surface area (Å²) in [6.45, 7) is 1.48. The van der Waals surface area contributed by atoms with E-state index < -0.39 is 17.5 Å². The maximum Gasteiger partial charge on any atom is 0.292 e. The first-order valence-electron chi connectivity index (χ1n) is 8.12. The third kappa shape index (κ3) is 3.24. The first-order chi connectivity index (χ1) is 12.6. The number of amidine groups is 1. The lowest BCUT2D eigenvalue weighted by atomic mass is 10.0. The molecular formula is C19H15F3N2O2. The largest absolute Gasteiger partial charge is 0.487 e. The molecule has 1 fully saturated rings. The van der Waals surface area contributed by atoms with Gasteiger partial charge in [-0.1, -0.05) is 6.07 Å². The van der Waals surface area contributed by atoms with E-state index in [1.54, 1.807) is 6.20 Å². The average Bonchev–Trinajstić information content (AvgIpc) is 3.05. The molecule has 0 N–H and O–H groups in total. The second kappa shape index (κ2) is 6.74. The van der Waals surface area contributed by atoms with Crippen molar-refractivity contribution < 1.29 is 22.6 Å². The van der Waals surface area contributed by atoms with Crippen LogP contribution in [0.15, 0.2) is 53.7 Å². The van der Waals surface area contributed by atoms with Crippen molar-refractivity contribution in [2.45, 2.75) is 6.10 Å². The number of hydrogen-bond acceptors (Lipinski definition) is 4. The summed E-state index contributed by atoms with van der Waals surface area (Å²) in [5.74, 6) is -1.83. The fourth-order valence-electron chi connectivity index (χ4n) is 2.91. The molecule has 7 heteroatoms. The second-order valence-corrected chi connectivity index (χ2v) is 6.02. The summed E-state index contributed by atoms with van der Waals surface area (Å²) in [7, 11) is 0.